The molecule has 0 amide bonds. The average molecular weight is 751 g/mol. The van der Waals surface area contributed by atoms with Crippen molar-refractivity contribution in [3.8, 4) is 0 Å². The minimum absolute atomic E-state index is 0.00705. The second-order valence-electron chi connectivity index (χ2n) is 10.9. The van der Waals surface area contributed by atoms with Crippen LogP contribution in [0.2, 0.25) is 0 Å². The van der Waals surface area contributed by atoms with Gasteiger partial charge in [-0.25, -0.2) is 19.1 Å². The molecule has 49 heavy (non-hydrogen) atoms. The van der Waals surface area contributed by atoms with E-state index in [9.17, 15) is 33.6 Å². The van der Waals surface area contributed by atoms with Crippen molar-refractivity contribution in [2.75, 3.05) is 37.0 Å². The molecule has 0 spiro atoms. The smallest absolute Gasteiger partial charge is 0.390 e. The van der Waals surface area contributed by atoms with Gasteiger partial charge in [0, 0.05) is 12.8 Å². The summed E-state index contributed by atoms with van der Waals surface area (Å²) in [5.74, 6) is 0.0370. The highest BCUT2D eigenvalue weighted by Gasteiger charge is 2.45. The van der Waals surface area contributed by atoms with Crippen LogP contribution in [0.5, 0.6) is 0 Å². The molecule has 0 radical (unpaired) electrons. The highest BCUT2D eigenvalue weighted by molar-refractivity contribution is 7.80. The molecule has 2 aliphatic rings. The number of aromatic nitrogens is 8. The van der Waals surface area contributed by atoms with Gasteiger partial charge >= 0.3 is 15.6 Å². The third-order valence-corrected chi connectivity index (χ3v) is 9.85. The van der Waals surface area contributed by atoms with Gasteiger partial charge in [-0.3, -0.25) is 46.8 Å². The average Bonchev–Trinajstić information content (AvgIpc) is 3.80. The molecule has 4 aromatic heterocycles. The van der Waals surface area contributed by atoms with E-state index in [0.717, 1.165) is 0 Å². The maximum absolute atomic E-state index is 13.2. The number of aromatic amines is 2. The fourth-order valence-corrected chi connectivity index (χ4v) is 7.15. The van der Waals surface area contributed by atoms with Crippen LogP contribution in [0, 0.1) is 0 Å². The molecule has 0 aliphatic carbocycles. The highest BCUT2D eigenvalue weighted by Crippen LogP contribution is 2.50. The zero-order chi connectivity index (χ0) is 35.1. The van der Waals surface area contributed by atoms with E-state index < -0.39 is 76.8 Å². The van der Waals surface area contributed by atoms with Crippen LogP contribution in [-0.2, 0) is 36.7 Å². The molecule has 4 aromatic rings. The summed E-state index contributed by atoms with van der Waals surface area (Å²) in [5.41, 5.74) is 10.2. The number of hydrogen-bond acceptors (Lipinski definition) is 18. The molecule has 0 saturated carbocycles. The third kappa shape index (κ3) is 7.90. The number of nitrogens with one attached hydrogen (secondary N) is 2. The Morgan fingerprint density at radius 2 is 1.41 bits per heavy atom. The van der Waals surface area contributed by atoms with Crippen LogP contribution in [0.1, 0.15) is 31.7 Å². The molecule has 2 fully saturated rings. The van der Waals surface area contributed by atoms with Crippen molar-refractivity contribution in [3.05, 3.63) is 33.4 Å². The summed E-state index contributed by atoms with van der Waals surface area (Å²) in [6.45, 7) is -1.37. The summed E-state index contributed by atoms with van der Waals surface area (Å²) in [4.78, 5) is 66.0. The van der Waals surface area contributed by atoms with Gasteiger partial charge in [-0.2, -0.15) is 22.6 Å². The first kappa shape index (κ1) is 35.6. The van der Waals surface area contributed by atoms with Crippen LogP contribution in [0.4, 0.5) is 11.9 Å². The number of H-pyrrole nitrogens is 2. The van der Waals surface area contributed by atoms with Gasteiger partial charge in [-0.15, -0.1) is 0 Å². The first-order valence-corrected chi connectivity index (χ1v) is 18.2. The van der Waals surface area contributed by atoms with Gasteiger partial charge in [0.05, 0.1) is 38.6 Å². The number of phosphoric ester groups is 2. The number of aliphatic hydroxyl groups is 1. The zero-order valence-electron chi connectivity index (χ0n) is 25.2. The summed E-state index contributed by atoms with van der Waals surface area (Å²) >= 11 is 4.01. The van der Waals surface area contributed by atoms with Gasteiger partial charge in [0.15, 0.2) is 22.3 Å². The predicted octanol–water partition coefficient (Wildman–Crippen LogP) is -0.691. The lowest BCUT2D eigenvalue weighted by Gasteiger charge is -2.23. The van der Waals surface area contributed by atoms with Gasteiger partial charge in [0.2, 0.25) is 11.9 Å². The quantitative estimate of drug-likeness (QED) is 0.0449. The Balaban J connectivity index is 1.14. The maximum atomic E-state index is 13.2. The number of fused-ring (bicyclic) bond motifs is 2. The number of aliphatic hydroxyl groups excluding tert-OH is 1. The van der Waals surface area contributed by atoms with Crippen LogP contribution >= 0.6 is 28.3 Å². The molecule has 268 valence electrons. The normalized spacial score (nSPS) is 26.8. The van der Waals surface area contributed by atoms with Crippen molar-refractivity contribution in [3.63, 3.8) is 0 Å². The first-order valence-electron chi connectivity index (χ1n) is 14.6. The lowest BCUT2D eigenvalue weighted by Crippen LogP contribution is -2.30. The number of hydrogen-bond donors (Lipinski definition) is 8. The second-order valence-corrected chi connectivity index (χ2v) is 14.2. The number of ether oxygens (including phenoxy) is 2. The fourth-order valence-electron chi connectivity index (χ4n) is 5.29. The van der Waals surface area contributed by atoms with Crippen molar-refractivity contribution >= 4 is 62.5 Å². The summed E-state index contributed by atoms with van der Waals surface area (Å²) in [6.07, 6.45) is -4.07. The highest BCUT2D eigenvalue weighted by atomic mass is 32.1. The summed E-state index contributed by atoms with van der Waals surface area (Å²) in [5, 5.41) is 10.6. The molecule has 0 bridgehead atoms. The van der Waals surface area contributed by atoms with Crippen molar-refractivity contribution in [1.82, 2.24) is 39.0 Å². The second kappa shape index (κ2) is 14.2. The van der Waals surface area contributed by atoms with Gasteiger partial charge in [0.25, 0.3) is 11.1 Å². The summed E-state index contributed by atoms with van der Waals surface area (Å²) in [7, 11) is -9.52. The number of phosphoric acid groups is 2. The van der Waals surface area contributed by atoms with E-state index in [0.29, 0.717) is 12.2 Å². The summed E-state index contributed by atoms with van der Waals surface area (Å²) < 4.78 is 60.7. The van der Waals surface area contributed by atoms with Crippen LogP contribution in [0.25, 0.3) is 22.3 Å². The van der Waals surface area contributed by atoms with E-state index in [-0.39, 0.29) is 53.7 Å². The Morgan fingerprint density at radius 3 is 2.00 bits per heavy atom. The minimum Gasteiger partial charge on any atom is -0.390 e. The molecule has 23 nitrogen and oxygen atoms in total. The SMILES string of the molecule is Nc1nc2c(ncn2[C@H]2C[C@H](OP(=O)(O)OC[C@H]3O[C@@H](n4cnc5c(=O)[nH]c(N)nc54)C[C@@H]3O)[C@@H](COP(=O)(O)OCCCS)O2)c(=O)[nH]1. The number of rotatable bonds is 14. The molecule has 2 aliphatic heterocycles. The van der Waals surface area contributed by atoms with Gasteiger partial charge in [-0.05, 0) is 12.2 Å². The zero-order valence-corrected chi connectivity index (χ0v) is 27.9. The number of nitrogen functional groups attached to an aromatic ring is 2. The van der Waals surface area contributed by atoms with Crippen LogP contribution in [-0.4, -0.2) is 104 Å². The molecule has 2 saturated heterocycles. The Hall–Kier alpha value is -3.25. The molecule has 6 rings (SSSR count). The lowest BCUT2D eigenvalue weighted by molar-refractivity contribution is -0.0554. The Bertz CT molecular complexity index is 2040. The molecule has 0 aromatic carbocycles. The van der Waals surface area contributed by atoms with Crippen molar-refractivity contribution in [2.45, 2.75) is 56.1 Å². The third-order valence-electron chi connectivity index (χ3n) is 7.54. The van der Waals surface area contributed by atoms with Gasteiger partial charge < -0.3 is 35.8 Å². The largest absolute Gasteiger partial charge is 0.472 e. The number of nitrogens with zero attached hydrogens (tertiary/aromatic N) is 6. The topological polar surface area (TPSA) is 329 Å². The van der Waals surface area contributed by atoms with Crippen LogP contribution in [0.3, 0.4) is 0 Å². The predicted molar refractivity (Wildman–Crippen MR) is 169 cm³/mol. The maximum Gasteiger partial charge on any atom is 0.472 e. The Kier molecular flexibility index (Phi) is 10.3. The first-order chi connectivity index (χ1) is 23.2. The molecule has 8 atom stereocenters. The van der Waals surface area contributed by atoms with E-state index in [4.69, 9.17) is 39.0 Å². The van der Waals surface area contributed by atoms with E-state index in [1.54, 1.807) is 0 Å². The van der Waals surface area contributed by atoms with E-state index >= 15 is 0 Å². The van der Waals surface area contributed by atoms with Crippen LogP contribution in [0.15, 0.2) is 22.2 Å². The van der Waals surface area contributed by atoms with Crippen molar-refractivity contribution < 1.29 is 51.6 Å². The number of nitrogens with two attached hydrogens (primary N) is 2. The molecular formula is C23H32N10O13P2S. The molecule has 26 heteroatoms. The lowest BCUT2D eigenvalue weighted by atomic mass is 10.2. The number of thiol groups is 1. The van der Waals surface area contributed by atoms with Gasteiger partial charge in [-0.1, -0.05) is 0 Å². The standard InChI is InChI=1S/C23H32N10O13P2S/c24-22-28-18-16(20(35)30-22)26-8-32(18)14-4-10(34)12(44-14)6-43-48(39,40)46-11-5-15(33-9-27-17-19(33)29-23(25)31-21(17)36)45-13(11)7-42-47(37,38)41-2-1-3-49/h8-15,34,49H,1-7H2,(H,37,38)(H,39,40)(H3,24,28,30,35)(H3,25,29,31,36)/t10-,11-,12+,13+,14+,15+/m0/s1. The Morgan fingerprint density at radius 1 is 0.878 bits per heavy atom. The monoisotopic (exact) mass is 750 g/mol. The minimum atomic E-state index is -4.95. The van der Waals surface area contributed by atoms with E-state index in [1.807, 2.05) is 0 Å². The number of anilines is 2. The Labute approximate surface area is 279 Å². The molecule has 6 heterocycles. The summed E-state index contributed by atoms with van der Waals surface area (Å²) in [6, 6.07) is 0. The number of imidazole rings is 2. The van der Waals surface area contributed by atoms with E-state index in [2.05, 4.69) is 42.5 Å². The van der Waals surface area contributed by atoms with Crippen molar-refractivity contribution in [1.29, 1.82) is 0 Å². The van der Waals surface area contributed by atoms with Crippen molar-refractivity contribution in [2.24, 2.45) is 0 Å². The van der Waals surface area contributed by atoms with Crippen LogP contribution < -0.4 is 22.6 Å². The molecular weight excluding hydrogens is 718 g/mol. The molecule has 2 unspecified atom stereocenters. The fraction of sp³-hybridized carbons (Fsp3) is 0.565. The van der Waals surface area contributed by atoms with E-state index in [1.165, 1.54) is 21.8 Å². The molecule has 9 N–H and O–H groups in total. The van der Waals surface area contributed by atoms with Gasteiger partial charge in [0.1, 0.15) is 30.8 Å².